The predicted molar refractivity (Wildman–Crippen MR) is 131 cm³/mol. The molecule has 8 heteroatoms. The summed E-state index contributed by atoms with van der Waals surface area (Å²) < 4.78 is 2.08. The SMILES string of the molecule is CCCCN1C(=O)/C(=C\c2c(NC3CCC(C)CC3)nc3ccccn3c2=O)SC1=S. The monoisotopic (exact) mass is 456 g/mol. The molecule has 0 spiro atoms. The maximum atomic E-state index is 13.3. The maximum Gasteiger partial charge on any atom is 0.267 e. The number of nitrogens with one attached hydrogen (secondary N) is 1. The molecule has 2 fully saturated rings. The smallest absolute Gasteiger partial charge is 0.267 e. The van der Waals surface area contributed by atoms with Gasteiger partial charge >= 0.3 is 0 Å². The van der Waals surface area contributed by atoms with Crippen molar-refractivity contribution in [1.82, 2.24) is 14.3 Å². The van der Waals surface area contributed by atoms with E-state index in [-0.39, 0.29) is 17.5 Å². The average Bonchev–Trinajstić information content (AvgIpc) is 3.03. The number of anilines is 1. The molecular formula is C23H28N4O2S2. The Morgan fingerprint density at radius 2 is 2.03 bits per heavy atom. The van der Waals surface area contributed by atoms with Crippen molar-refractivity contribution in [2.45, 2.75) is 58.4 Å². The standard InChI is InChI=1S/C23H28N4O2S2/c1-3-4-12-27-22(29)18(31-23(27)30)14-17-20(24-16-10-8-15(2)9-11-16)25-19-7-5-6-13-26(19)21(17)28/h5-7,13-16,24H,3-4,8-12H2,1-2H3/b18-14+. The molecule has 164 valence electrons. The van der Waals surface area contributed by atoms with Crippen LogP contribution in [0.2, 0.25) is 0 Å². The Bertz CT molecular complexity index is 1090. The van der Waals surface area contributed by atoms with E-state index in [1.54, 1.807) is 23.2 Å². The molecule has 31 heavy (non-hydrogen) atoms. The van der Waals surface area contributed by atoms with Crippen LogP contribution in [0.15, 0.2) is 34.1 Å². The van der Waals surface area contributed by atoms with E-state index in [2.05, 4.69) is 19.2 Å². The lowest BCUT2D eigenvalue weighted by atomic mass is 9.87. The van der Waals surface area contributed by atoms with Crippen LogP contribution in [0.25, 0.3) is 11.7 Å². The summed E-state index contributed by atoms with van der Waals surface area (Å²) in [7, 11) is 0. The largest absolute Gasteiger partial charge is 0.367 e. The van der Waals surface area contributed by atoms with Gasteiger partial charge in [0.1, 0.15) is 15.8 Å². The molecule has 0 atom stereocenters. The number of aromatic nitrogens is 2. The highest BCUT2D eigenvalue weighted by molar-refractivity contribution is 8.26. The molecule has 3 heterocycles. The van der Waals surface area contributed by atoms with Crippen LogP contribution in [0, 0.1) is 5.92 Å². The van der Waals surface area contributed by atoms with Crippen LogP contribution >= 0.6 is 24.0 Å². The van der Waals surface area contributed by atoms with Gasteiger partial charge in [-0.15, -0.1) is 0 Å². The minimum Gasteiger partial charge on any atom is -0.367 e. The van der Waals surface area contributed by atoms with Crippen LogP contribution in [0.5, 0.6) is 0 Å². The second kappa shape index (κ2) is 9.53. The Balaban J connectivity index is 1.73. The molecule has 2 aromatic heterocycles. The molecule has 0 aromatic carbocycles. The van der Waals surface area contributed by atoms with E-state index in [9.17, 15) is 9.59 Å². The summed E-state index contributed by atoms with van der Waals surface area (Å²) in [6.45, 7) is 4.97. The highest BCUT2D eigenvalue weighted by Crippen LogP contribution is 2.34. The van der Waals surface area contributed by atoms with Gasteiger partial charge < -0.3 is 5.32 Å². The second-order valence-corrected chi connectivity index (χ2v) is 10.1. The highest BCUT2D eigenvalue weighted by Gasteiger charge is 2.32. The molecule has 2 aliphatic rings. The summed E-state index contributed by atoms with van der Waals surface area (Å²) >= 11 is 6.68. The van der Waals surface area contributed by atoms with E-state index in [4.69, 9.17) is 17.2 Å². The molecular weight excluding hydrogens is 428 g/mol. The molecule has 1 saturated carbocycles. The van der Waals surface area contributed by atoms with Crippen molar-refractivity contribution in [3.05, 3.63) is 45.2 Å². The van der Waals surface area contributed by atoms with Crippen LogP contribution in [0.4, 0.5) is 5.82 Å². The normalized spacial score (nSPS) is 23.2. The topological polar surface area (TPSA) is 66.7 Å². The van der Waals surface area contributed by atoms with Crippen LogP contribution in [0.3, 0.4) is 0 Å². The number of thioether (sulfide) groups is 1. The van der Waals surface area contributed by atoms with Gasteiger partial charge in [0.15, 0.2) is 0 Å². The Hall–Kier alpha value is -2.19. The summed E-state index contributed by atoms with van der Waals surface area (Å²) in [5, 5.41) is 3.51. The lowest BCUT2D eigenvalue weighted by molar-refractivity contribution is -0.122. The van der Waals surface area contributed by atoms with Gasteiger partial charge in [-0.2, -0.15) is 0 Å². The van der Waals surface area contributed by atoms with Crippen molar-refractivity contribution in [3.8, 4) is 0 Å². The maximum absolute atomic E-state index is 13.3. The number of hydrogen-bond acceptors (Lipinski definition) is 6. The van der Waals surface area contributed by atoms with Crippen LogP contribution in [0.1, 0.15) is 57.9 Å². The number of unbranched alkanes of at least 4 members (excludes halogenated alkanes) is 1. The van der Waals surface area contributed by atoms with Crippen LogP contribution in [-0.4, -0.2) is 37.1 Å². The second-order valence-electron chi connectivity index (χ2n) is 8.40. The third-order valence-electron chi connectivity index (χ3n) is 6.01. The predicted octanol–water partition coefficient (Wildman–Crippen LogP) is 4.69. The third kappa shape index (κ3) is 4.70. The van der Waals surface area contributed by atoms with E-state index in [1.165, 1.54) is 16.2 Å². The van der Waals surface area contributed by atoms with Gasteiger partial charge in [-0.3, -0.25) is 18.9 Å². The van der Waals surface area contributed by atoms with Crippen LogP contribution < -0.4 is 10.9 Å². The Labute approximate surface area is 192 Å². The van der Waals surface area contributed by atoms with E-state index in [0.29, 0.717) is 32.8 Å². The first-order chi connectivity index (χ1) is 15.0. The Morgan fingerprint density at radius 3 is 2.77 bits per heavy atom. The number of nitrogens with zero attached hydrogens (tertiary/aromatic N) is 3. The first-order valence-electron chi connectivity index (χ1n) is 11.0. The fourth-order valence-electron chi connectivity index (χ4n) is 4.08. The van der Waals surface area contributed by atoms with Crippen LogP contribution in [-0.2, 0) is 4.79 Å². The average molecular weight is 457 g/mol. The van der Waals surface area contributed by atoms with Gasteiger partial charge in [0, 0.05) is 18.8 Å². The molecule has 1 saturated heterocycles. The van der Waals surface area contributed by atoms with Crippen molar-refractivity contribution in [2.75, 3.05) is 11.9 Å². The number of fused-ring (bicyclic) bond motifs is 1. The summed E-state index contributed by atoms with van der Waals surface area (Å²) in [6, 6.07) is 5.77. The van der Waals surface area contributed by atoms with Crippen molar-refractivity contribution in [2.24, 2.45) is 5.92 Å². The first kappa shape index (κ1) is 22.0. The lowest BCUT2D eigenvalue weighted by Crippen LogP contribution is -2.29. The minimum absolute atomic E-state index is 0.126. The number of rotatable bonds is 6. The molecule has 6 nitrogen and oxygen atoms in total. The Morgan fingerprint density at radius 1 is 1.26 bits per heavy atom. The van der Waals surface area contributed by atoms with E-state index >= 15 is 0 Å². The van der Waals surface area contributed by atoms with E-state index < -0.39 is 0 Å². The van der Waals surface area contributed by atoms with E-state index in [1.807, 2.05) is 12.1 Å². The molecule has 1 N–H and O–H groups in total. The summed E-state index contributed by atoms with van der Waals surface area (Å²) in [6.07, 6.45) is 9.69. The van der Waals surface area contributed by atoms with Crippen molar-refractivity contribution in [1.29, 1.82) is 0 Å². The van der Waals surface area contributed by atoms with Gasteiger partial charge in [0.2, 0.25) is 0 Å². The number of amides is 1. The molecule has 0 unspecified atom stereocenters. The molecule has 0 bridgehead atoms. The number of carbonyl (C=O) groups excluding carboxylic acids is 1. The quantitative estimate of drug-likeness (QED) is 0.503. The molecule has 0 radical (unpaired) electrons. The first-order valence-corrected chi connectivity index (χ1v) is 12.2. The zero-order chi connectivity index (χ0) is 22.0. The van der Waals surface area contributed by atoms with Crippen molar-refractivity contribution >= 4 is 51.7 Å². The minimum atomic E-state index is -0.184. The zero-order valence-electron chi connectivity index (χ0n) is 18.0. The molecule has 1 aliphatic heterocycles. The zero-order valence-corrected chi connectivity index (χ0v) is 19.6. The van der Waals surface area contributed by atoms with Crippen molar-refractivity contribution < 1.29 is 4.79 Å². The highest BCUT2D eigenvalue weighted by atomic mass is 32.2. The molecule has 2 aromatic rings. The van der Waals surface area contributed by atoms with Gasteiger partial charge in [-0.05, 0) is 56.2 Å². The Kier molecular flexibility index (Phi) is 6.77. The number of carbonyl (C=O) groups is 1. The number of pyridine rings is 1. The van der Waals surface area contributed by atoms with Gasteiger partial charge in [0.25, 0.3) is 11.5 Å². The fraction of sp³-hybridized carbons (Fsp3) is 0.478. The molecule has 4 rings (SSSR count). The molecule has 1 aliphatic carbocycles. The van der Waals surface area contributed by atoms with Gasteiger partial charge in [-0.1, -0.05) is 50.3 Å². The fourth-order valence-corrected chi connectivity index (χ4v) is 5.37. The summed E-state index contributed by atoms with van der Waals surface area (Å²) in [5.41, 5.74) is 0.821. The summed E-state index contributed by atoms with van der Waals surface area (Å²) in [5.74, 6) is 1.16. The molecule has 1 amide bonds. The summed E-state index contributed by atoms with van der Waals surface area (Å²) in [4.78, 5) is 33.1. The van der Waals surface area contributed by atoms with E-state index in [0.717, 1.165) is 44.4 Å². The van der Waals surface area contributed by atoms with Crippen molar-refractivity contribution in [3.63, 3.8) is 0 Å². The van der Waals surface area contributed by atoms with Gasteiger partial charge in [-0.25, -0.2) is 4.98 Å². The van der Waals surface area contributed by atoms with Gasteiger partial charge in [0.05, 0.1) is 10.5 Å². The number of hydrogen-bond donors (Lipinski definition) is 1. The third-order valence-corrected chi connectivity index (χ3v) is 7.39. The lowest BCUT2D eigenvalue weighted by Gasteiger charge is -2.27. The number of thiocarbonyl (C=S) groups is 1.